The van der Waals surface area contributed by atoms with E-state index in [0.717, 1.165) is 0 Å². The molecule has 0 aliphatic rings. The van der Waals surface area contributed by atoms with Crippen molar-refractivity contribution in [2.75, 3.05) is 0 Å². The standard InChI is InChI=1S/C18H11F3OS/c19-18(20,21)17-14(12-7-3-1-4-8-12)11-15(23-17)16(22)13-9-5-2-6-10-13/h1-11H. The van der Waals surface area contributed by atoms with Gasteiger partial charge in [-0.3, -0.25) is 4.79 Å². The Morgan fingerprint density at radius 2 is 1.43 bits per heavy atom. The van der Waals surface area contributed by atoms with Crippen molar-refractivity contribution in [1.29, 1.82) is 0 Å². The molecule has 3 aromatic rings. The van der Waals surface area contributed by atoms with Gasteiger partial charge in [-0.25, -0.2) is 0 Å². The second-order valence-electron chi connectivity index (χ2n) is 4.91. The zero-order valence-corrected chi connectivity index (χ0v) is 12.6. The highest BCUT2D eigenvalue weighted by atomic mass is 32.1. The quantitative estimate of drug-likeness (QED) is 0.565. The molecular weight excluding hydrogens is 321 g/mol. The van der Waals surface area contributed by atoms with E-state index in [4.69, 9.17) is 0 Å². The number of halogens is 3. The summed E-state index contributed by atoms with van der Waals surface area (Å²) in [6.45, 7) is 0. The molecule has 3 rings (SSSR count). The maximum atomic E-state index is 13.3. The molecule has 0 spiro atoms. The second-order valence-corrected chi connectivity index (χ2v) is 5.96. The normalized spacial score (nSPS) is 11.4. The Kier molecular flexibility index (Phi) is 4.05. The van der Waals surface area contributed by atoms with Gasteiger partial charge in [0.15, 0.2) is 0 Å². The lowest BCUT2D eigenvalue weighted by Crippen LogP contribution is -2.03. The smallest absolute Gasteiger partial charge is 0.288 e. The van der Waals surface area contributed by atoms with Gasteiger partial charge in [-0.1, -0.05) is 60.7 Å². The summed E-state index contributed by atoms with van der Waals surface area (Å²) in [5, 5.41) is 0. The fraction of sp³-hybridized carbons (Fsp3) is 0.0556. The highest BCUT2D eigenvalue weighted by molar-refractivity contribution is 7.14. The first-order chi connectivity index (χ1) is 11.0. The summed E-state index contributed by atoms with van der Waals surface area (Å²) in [6.07, 6.45) is -4.49. The molecule has 2 aromatic carbocycles. The topological polar surface area (TPSA) is 17.1 Å². The largest absolute Gasteiger partial charge is 0.426 e. The molecule has 1 heterocycles. The fourth-order valence-corrected chi connectivity index (χ4v) is 3.29. The summed E-state index contributed by atoms with van der Waals surface area (Å²) >= 11 is 0.490. The van der Waals surface area contributed by atoms with Gasteiger partial charge in [-0.15, -0.1) is 11.3 Å². The summed E-state index contributed by atoms with van der Waals surface area (Å²) in [7, 11) is 0. The van der Waals surface area contributed by atoms with Crippen molar-refractivity contribution < 1.29 is 18.0 Å². The number of benzene rings is 2. The molecule has 0 fully saturated rings. The van der Waals surface area contributed by atoms with Gasteiger partial charge >= 0.3 is 6.18 Å². The molecular formula is C18H11F3OS. The lowest BCUT2D eigenvalue weighted by Gasteiger charge is -2.07. The molecule has 0 atom stereocenters. The van der Waals surface area contributed by atoms with Crippen molar-refractivity contribution in [3.05, 3.63) is 82.0 Å². The van der Waals surface area contributed by atoms with Crippen molar-refractivity contribution in [2.45, 2.75) is 6.18 Å². The number of carbonyl (C=O) groups is 1. The first-order valence-corrected chi connectivity index (χ1v) is 7.64. The summed E-state index contributed by atoms with van der Waals surface area (Å²) in [4.78, 5) is 11.8. The molecule has 1 aromatic heterocycles. The van der Waals surface area contributed by atoms with E-state index in [1.807, 2.05) is 0 Å². The number of rotatable bonds is 3. The van der Waals surface area contributed by atoms with E-state index in [9.17, 15) is 18.0 Å². The van der Waals surface area contributed by atoms with Crippen LogP contribution in [0.25, 0.3) is 11.1 Å². The van der Waals surface area contributed by atoms with Gasteiger partial charge in [-0.05, 0) is 11.6 Å². The van der Waals surface area contributed by atoms with E-state index in [2.05, 4.69) is 0 Å². The van der Waals surface area contributed by atoms with Gasteiger partial charge in [0.25, 0.3) is 0 Å². The van der Waals surface area contributed by atoms with Gasteiger partial charge in [0.2, 0.25) is 5.78 Å². The van der Waals surface area contributed by atoms with Crippen LogP contribution in [-0.4, -0.2) is 5.78 Å². The Labute approximate surface area is 135 Å². The van der Waals surface area contributed by atoms with Crippen LogP contribution in [0.1, 0.15) is 20.1 Å². The first-order valence-electron chi connectivity index (χ1n) is 6.83. The average Bonchev–Trinajstić information content (AvgIpc) is 3.01. The summed E-state index contributed by atoms with van der Waals surface area (Å²) in [6, 6.07) is 17.9. The Morgan fingerprint density at radius 1 is 0.870 bits per heavy atom. The van der Waals surface area contributed by atoms with Crippen LogP contribution in [0.3, 0.4) is 0 Å². The minimum Gasteiger partial charge on any atom is -0.288 e. The molecule has 23 heavy (non-hydrogen) atoms. The van der Waals surface area contributed by atoms with E-state index in [1.165, 1.54) is 6.07 Å². The molecule has 0 amide bonds. The Morgan fingerprint density at radius 3 is 2.00 bits per heavy atom. The van der Waals surface area contributed by atoms with Crippen molar-refractivity contribution in [2.24, 2.45) is 0 Å². The Bertz CT molecular complexity index is 820. The molecule has 0 radical (unpaired) electrons. The van der Waals surface area contributed by atoms with Crippen LogP contribution < -0.4 is 0 Å². The minimum absolute atomic E-state index is 0.0439. The minimum atomic E-state index is -4.49. The number of alkyl halides is 3. The van der Waals surface area contributed by atoms with E-state index in [0.29, 0.717) is 22.5 Å². The van der Waals surface area contributed by atoms with E-state index < -0.39 is 16.8 Å². The number of hydrogen-bond acceptors (Lipinski definition) is 2. The molecule has 0 aliphatic carbocycles. The van der Waals surface area contributed by atoms with Crippen molar-refractivity contribution in [3.63, 3.8) is 0 Å². The number of thiophene rings is 1. The third-order valence-corrected chi connectivity index (χ3v) is 4.51. The molecule has 0 unspecified atom stereocenters. The third kappa shape index (κ3) is 3.19. The molecule has 5 heteroatoms. The van der Waals surface area contributed by atoms with E-state index >= 15 is 0 Å². The highest BCUT2D eigenvalue weighted by Crippen LogP contribution is 2.43. The molecule has 1 nitrogen and oxygen atoms in total. The SMILES string of the molecule is O=C(c1ccccc1)c1cc(-c2ccccc2)c(C(F)(F)F)s1. The van der Waals surface area contributed by atoms with Gasteiger partial charge in [0.1, 0.15) is 4.88 Å². The van der Waals surface area contributed by atoms with Crippen LogP contribution in [0.4, 0.5) is 13.2 Å². The molecule has 0 aliphatic heterocycles. The Hall–Kier alpha value is -2.40. The predicted octanol–water partition coefficient (Wildman–Crippen LogP) is 5.66. The number of carbonyl (C=O) groups excluding carboxylic acids is 1. The van der Waals surface area contributed by atoms with Gasteiger partial charge in [0.05, 0.1) is 4.88 Å². The zero-order chi connectivity index (χ0) is 16.4. The lowest BCUT2D eigenvalue weighted by atomic mass is 10.0. The summed E-state index contributed by atoms with van der Waals surface area (Å²) < 4.78 is 39.9. The van der Waals surface area contributed by atoms with Gasteiger partial charge < -0.3 is 0 Å². The van der Waals surface area contributed by atoms with Crippen molar-refractivity contribution in [3.8, 4) is 11.1 Å². The van der Waals surface area contributed by atoms with Crippen molar-refractivity contribution >= 4 is 17.1 Å². The van der Waals surface area contributed by atoms with Crippen LogP contribution in [0.15, 0.2) is 66.7 Å². The molecule has 116 valence electrons. The number of ketones is 1. The first kappa shape index (κ1) is 15.5. The van der Waals surface area contributed by atoms with Crippen LogP contribution in [0, 0.1) is 0 Å². The van der Waals surface area contributed by atoms with Crippen molar-refractivity contribution in [1.82, 2.24) is 0 Å². The van der Waals surface area contributed by atoms with E-state index in [-0.39, 0.29) is 10.4 Å². The fourth-order valence-electron chi connectivity index (χ4n) is 2.28. The molecule has 0 saturated carbocycles. The van der Waals surface area contributed by atoms with Gasteiger partial charge in [-0.2, -0.15) is 13.2 Å². The molecule has 0 N–H and O–H groups in total. The summed E-state index contributed by atoms with van der Waals surface area (Å²) in [5.41, 5.74) is 0.868. The number of hydrogen-bond donors (Lipinski definition) is 0. The van der Waals surface area contributed by atoms with Crippen LogP contribution in [-0.2, 0) is 6.18 Å². The second kappa shape index (κ2) is 6.01. The van der Waals surface area contributed by atoms with Gasteiger partial charge in [0, 0.05) is 11.1 Å². The predicted molar refractivity (Wildman–Crippen MR) is 84.6 cm³/mol. The van der Waals surface area contributed by atoms with Crippen LogP contribution in [0.5, 0.6) is 0 Å². The lowest BCUT2D eigenvalue weighted by molar-refractivity contribution is -0.133. The van der Waals surface area contributed by atoms with E-state index in [1.54, 1.807) is 60.7 Å². The highest BCUT2D eigenvalue weighted by Gasteiger charge is 2.37. The Balaban J connectivity index is 2.11. The maximum absolute atomic E-state index is 13.3. The monoisotopic (exact) mass is 332 g/mol. The summed E-state index contributed by atoms with van der Waals surface area (Å²) in [5.74, 6) is -0.400. The average molecular weight is 332 g/mol. The van der Waals surface area contributed by atoms with Crippen LogP contribution >= 0.6 is 11.3 Å². The van der Waals surface area contributed by atoms with Crippen LogP contribution in [0.2, 0.25) is 0 Å². The molecule has 0 saturated heterocycles. The molecule has 0 bridgehead atoms. The zero-order valence-electron chi connectivity index (χ0n) is 11.8. The third-order valence-electron chi connectivity index (χ3n) is 3.33. The maximum Gasteiger partial charge on any atom is 0.426 e.